The van der Waals surface area contributed by atoms with Gasteiger partial charge in [-0.1, -0.05) is 6.07 Å². The average Bonchev–Trinajstić information content (AvgIpc) is 2.81. The van der Waals surface area contributed by atoms with E-state index in [0.717, 1.165) is 0 Å². The molecule has 0 saturated heterocycles. The van der Waals surface area contributed by atoms with Gasteiger partial charge in [0.05, 0.1) is 16.2 Å². The third-order valence-corrected chi connectivity index (χ3v) is 2.75. The molecule has 2 heterocycles. The van der Waals surface area contributed by atoms with Crippen LogP contribution in [0, 0.1) is 10.1 Å². The van der Waals surface area contributed by atoms with E-state index in [9.17, 15) is 15.2 Å². The van der Waals surface area contributed by atoms with Crippen molar-refractivity contribution >= 4 is 22.9 Å². The van der Waals surface area contributed by atoms with E-state index >= 15 is 0 Å². The number of hydrogen-bond donors (Lipinski definition) is 0. The summed E-state index contributed by atoms with van der Waals surface area (Å²) in [5.41, 5.74) is 0.715. The fourth-order valence-corrected chi connectivity index (χ4v) is 1.76. The van der Waals surface area contributed by atoms with Crippen molar-refractivity contribution in [2.45, 2.75) is 0 Å². The van der Waals surface area contributed by atoms with Gasteiger partial charge in [0, 0.05) is 12.1 Å². The van der Waals surface area contributed by atoms with Gasteiger partial charge in [0.15, 0.2) is 11.7 Å². The van der Waals surface area contributed by atoms with E-state index in [1.165, 1.54) is 28.7 Å². The van der Waals surface area contributed by atoms with Crippen molar-refractivity contribution in [2.75, 3.05) is 0 Å². The fraction of sp³-hybridized carbons (Fsp3) is 0. The van der Waals surface area contributed by atoms with Crippen molar-refractivity contribution in [3.8, 4) is 5.95 Å². The molecule has 2 aromatic heterocycles. The van der Waals surface area contributed by atoms with E-state index in [0.29, 0.717) is 11.4 Å². The number of fused-ring (bicyclic) bond motifs is 1. The Bertz CT molecular complexity index is 839. The number of nitro groups is 1. The molecule has 0 saturated carbocycles. The van der Waals surface area contributed by atoms with Crippen LogP contribution < -0.4 is 9.51 Å². The third-order valence-electron chi connectivity index (χ3n) is 2.75. The lowest BCUT2D eigenvalue weighted by Gasteiger charge is -1.90. The van der Waals surface area contributed by atoms with Crippen LogP contribution in [0.15, 0.2) is 63.3 Å². The molecule has 0 aliphatic rings. The van der Waals surface area contributed by atoms with Gasteiger partial charge in [0.1, 0.15) is 5.69 Å². The molecule has 0 unspecified atom stereocenters. The van der Waals surface area contributed by atoms with Crippen molar-refractivity contribution in [3.05, 3.63) is 58.8 Å². The first-order valence-electron chi connectivity index (χ1n) is 5.91. The van der Waals surface area contributed by atoms with Crippen LogP contribution in [-0.4, -0.2) is 4.92 Å². The second kappa shape index (κ2) is 5.00. The molecule has 0 radical (unpaired) electrons. The van der Waals surface area contributed by atoms with Gasteiger partial charge in [-0.3, -0.25) is 10.1 Å². The summed E-state index contributed by atoms with van der Waals surface area (Å²) in [5, 5.41) is 29.9. The minimum Gasteiger partial charge on any atom is -0.543 e. The van der Waals surface area contributed by atoms with Gasteiger partial charge in [0.2, 0.25) is 0 Å². The smallest absolute Gasteiger partial charge is 0.378 e. The molecule has 21 heavy (non-hydrogen) atoms. The standard InChI is InChI=1S/C13H8N4O4/c18-13-12(16-8-2-1-3-11(16)21-13)15-14-9-4-6-10(7-5-9)17(19)20/h1-8H. The lowest BCUT2D eigenvalue weighted by Crippen LogP contribution is -2.17. The van der Waals surface area contributed by atoms with Crippen molar-refractivity contribution < 1.29 is 18.8 Å². The topological polar surface area (TPSA) is 108 Å². The van der Waals surface area contributed by atoms with Gasteiger partial charge in [-0.25, -0.2) is 0 Å². The van der Waals surface area contributed by atoms with E-state index in [-0.39, 0.29) is 11.5 Å². The Labute approximate surface area is 117 Å². The normalized spacial score (nSPS) is 11.2. The highest BCUT2D eigenvalue weighted by molar-refractivity contribution is 5.44. The van der Waals surface area contributed by atoms with Crippen LogP contribution in [0.4, 0.5) is 17.2 Å². The molecule has 0 fully saturated rings. The summed E-state index contributed by atoms with van der Waals surface area (Å²) in [6.07, 6.45) is 1.63. The van der Waals surface area contributed by atoms with E-state index in [4.69, 9.17) is 4.42 Å². The first-order chi connectivity index (χ1) is 10.1. The van der Waals surface area contributed by atoms with Gasteiger partial charge in [-0.2, -0.15) is 4.40 Å². The van der Waals surface area contributed by atoms with E-state index in [1.807, 2.05) is 0 Å². The Morgan fingerprint density at radius 3 is 2.57 bits per heavy atom. The largest absolute Gasteiger partial charge is 0.543 e. The van der Waals surface area contributed by atoms with Crippen LogP contribution >= 0.6 is 0 Å². The van der Waals surface area contributed by atoms with Crippen LogP contribution in [0.3, 0.4) is 0 Å². The van der Waals surface area contributed by atoms with Gasteiger partial charge < -0.3 is 9.52 Å². The summed E-state index contributed by atoms with van der Waals surface area (Å²) >= 11 is 0. The Morgan fingerprint density at radius 2 is 1.86 bits per heavy atom. The highest BCUT2D eigenvalue weighted by Gasteiger charge is 2.14. The summed E-state index contributed by atoms with van der Waals surface area (Å²) in [5.74, 6) is -0.573. The van der Waals surface area contributed by atoms with Crippen molar-refractivity contribution in [2.24, 2.45) is 10.2 Å². The lowest BCUT2D eigenvalue weighted by molar-refractivity contribution is -0.501. The summed E-state index contributed by atoms with van der Waals surface area (Å²) in [7, 11) is 0. The lowest BCUT2D eigenvalue weighted by atomic mass is 10.3. The molecule has 0 atom stereocenters. The molecule has 0 N–H and O–H groups in total. The number of nitrogens with zero attached hydrogens (tertiary/aromatic N) is 4. The van der Waals surface area contributed by atoms with Gasteiger partial charge in [0.25, 0.3) is 5.69 Å². The molecule has 0 amide bonds. The molecule has 0 bridgehead atoms. The Balaban J connectivity index is 1.94. The van der Waals surface area contributed by atoms with Gasteiger partial charge in [-0.05, 0) is 29.4 Å². The number of pyridine rings is 1. The number of oxazole rings is 1. The maximum Gasteiger partial charge on any atom is 0.378 e. The summed E-state index contributed by atoms with van der Waals surface area (Å²) in [4.78, 5) is 10.0. The Kier molecular flexibility index (Phi) is 3.03. The zero-order valence-electron chi connectivity index (χ0n) is 10.5. The Morgan fingerprint density at radius 1 is 1.10 bits per heavy atom. The average molecular weight is 284 g/mol. The molecule has 8 nitrogen and oxygen atoms in total. The van der Waals surface area contributed by atoms with Gasteiger partial charge >= 0.3 is 5.82 Å². The number of aromatic nitrogens is 1. The second-order valence-corrected chi connectivity index (χ2v) is 4.10. The fourth-order valence-electron chi connectivity index (χ4n) is 1.76. The highest BCUT2D eigenvalue weighted by Crippen LogP contribution is 2.25. The second-order valence-electron chi connectivity index (χ2n) is 4.10. The van der Waals surface area contributed by atoms with Crippen LogP contribution in [0.5, 0.6) is 5.95 Å². The summed E-state index contributed by atoms with van der Waals surface area (Å²) < 4.78 is 6.47. The summed E-state index contributed by atoms with van der Waals surface area (Å²) in [6.45, 7) is 0. The molecule has 1 aromatic carbocycles. The number of non-ortho nitro benzene ring substituents is 1. The number of azo groups is 1. The Hall–Kier alpha value is -3.29. The zero-order valence-corrected chi connectivity index (χ0v) is 10.5. The zero-order chi connectivity index (χ0) is 14.8. The van der Waals surface area contributed by atoms with Crippen molar-refractivity contribution in [1.29, 1.82) is 0 Å². The maximum absolute atomic E-state index is 11.7. The molecule has 3 aromatic rings. The maximum atomic E-state index is 11.7. The van der Waals surface area contributed by atoms with Crippen LogP contribution in [0.2, 0.25) is 0 Å². The summed E-state index contributed by atoms with van der Waals surface area (Å²) in [6, 6.07) is 10.6. The molecule has 0 spiro atoms. The number of nitro benzene ring substituents is 1. The minimum absolute atomic E-state index is 0.0314. The van der Waals surface area contributed by atoms with Gasteiger partial charge in [-0.15, -0.1) is 0 Å². The molecular formula is C13H8N4O4. The first-order valence-corrected chi connectivity index (χ1v) is 5.91. The van der Waals surface area contributed by atoms with E-state index in [2.05, 4.69) is 10.2 Å². The molecule has 104 valence electrons. The first kappa shape index (κ1) is 12.7. The predicted octanol–water partition coefficient (Wildman–Crippen LogP) is 2.42. The van der Waals surface area contributed by atoms with Crippen molar-refractivity contribution in [3.63, 3.8) is 0 Å². The monoisotopic (exact) mass is 284 g/mol. The SMILES string of the molecule is O=[N+]([O-])c1ccc(N=Nc2c([O-])oc3cccc[n+]23)cc1. The highest BCUT2D eigenvalue weighted by atomic mass is 16.6. The molecule has 0 aliphatic heterocycles. The number of rotatable bonds is 3. The minimum atomic E-state index is -0.605. The number of hydrogen-bond acceptors (Lipinski definition) is 6. The molecule has 0 aliphatic carbocycles. The van der Waals surface area contributed by atoms with Crippen LogP contribution in [0.25, 0.3) is 5.71 Å². The van der Waals surface area contributed by atoms with E-state index < -0.39 is 10.9 Å². The molecule has 8 heteroatoms. The number of benzene rings is 1. The quantitative estimate of drug-likeness (QED) is 0.318. The molecule has 3 rings (SSSR count). The van der Waals surface area contributed by atoms with Crippen molar-refractivity contribution in [1.82, 2.24) is 0 Å². The van der Waals surface area contributed by atoms with Crippen LogP contribution in [-0.2, 0) is 0 Å². The third kappa shape index (κ3) is 2.41. The molecular weight excluding hydrogens is 276 g/mol. The van der Waals surface area contributed by atoms with Crippen LogP contribution in [0.1, 0.15) is 0 Å². The van der Waals surface area contributed by atoms with E-state index in [1.54, 1.807) is 24.4 Å². The predicted molar refractivity (Wildman–Crippen MR) is 68.6 cm³/mol.